The Morgan fingerprint density at radius 2 is 2.06 bits per heavy atom. The van der Waals surface area contributed by atoms with Gasteiger partial charge in [0.15, 0.2) is 5.09 Å². The van der Waals surface area contributed by atoms with E-state index in [1.165, 1.54) is 24.5 Å². The molecule has 1 aromatic heterocycles. The summed E-state index contributed by atoms with van der Waals surface area (Å²) in [5, 5.41) is 8.44. The van der Waals surface area contributed by atoms with Crippen LogP contribution in [0, 0.1) is 11.3 Å². The maximum atomic E-state index is 12.9. The molecule has 0 atom stereocenters. The van der Waals surface area contributed by atoms with Gasteiger partial charge in [-0.25, -0.2) is 0 Å². The lowest BCUT2D eigenvalue weighted by Gasteiger charge is -2.05. The highest BCUT2D eigenvalue weighted by Crippen LogP contribution is 2.42. The number of alkyl halides is 3. The molecular weight excluding hydrogens is 251 g/mol. The fraction of sp³-hybridized carbons (Fsp3) is 0.182. The lowest BCUT2D eigenvalue weighted by atomic mass is 10.1. The Hall–Kier alpha value is -1.61. The first-order valence-electron chi connectivity index (χ1n) is 4.55. The molecular formula is C11H6F3NOS. The lowest BCUT2D eigenvalue weighted by Crippen LogP contribution is -2.05. The van der Waals surface area contributed by atoms with Gasteiger partial charge >= 0.3 is 6.18 Å². The van der Waals surface area contributed by atoms with Gasteiger partial charge < -0.3 is 4.42 Å². The average molecular weight is 257 g/mol. The standard InChI is InChI=1S/C11H6F3NOS/c1-17-10-9(11(12,13)14)7-4-6(5-15)2-3-8(7)16-10/h2-4H,1H3. The molecule has 17 heavy (non-hydrogen) atoms. The van der Waals surface area contributed by atoms with E-state index in [1.54, 1.807) is 0 Å². The maximum absolute atomic E-state index is 12.9. The zero-order valence-corrected chi connectivity index (χ0v) is 9.45. The molecule has 0 unspecified atom stereocenters. The number of fused-ring (bicyclic) bond motifs is 1. The van der Waals surface area contributed by atoms with E-state index in [9.17, 15) is 13.2 Å². The van der Waals surface area contributed by atoms with Crippen molar-refractivity contribution in [3.63, 3.8) is 0 Å². The Labute approximate surface area is 99.0 Å². The van der Waals surface area contributed by atoms with Crippen LogP contribution in [0.1, 0.15) is 11.1 Å². The van der Waals surface area contributed by atoms with Crippen LogP contribution in [0.5, 0.6) is 0 Å². The number of nitriles is 1. The number of rotatable bonds is 1. The number of thioether (sulfide) groups is 1. The van der Waals surface area contributed by atoms with Crippen molar-refractivity contribution in [2.45, 2.75) is 11.3 Å². The number of halogens is 3. The Kier molecular flexibility index (Phi) is 2.79. The van der Waals surface area contributed by atoms with Crippen LogP contribution < -0.4 is 0 Å². The monoisotopic (exact) mass is 257 g/mol. The zero-order chi connectivity index (χ0) is 12.6. The van der Waals surface area contributed by atoms with Gasteiger partial charge in [0.25, 0.3) is 0 Å². The van der Waals surface area contributed by atoms with E-state index in [-0.39, 0.29) is 21.6 Å². The van der Waals surface area contributed by atoms with Crippen LogP contribution in [-0.2, 0) is 6.18 Å². The van der Waals surface area contributed by atoms with E-state index in [2.05, 4.69) is 0 Å². The first-order chi connectivity index (χ1) is 7.97. The number of hydrogen-bond acceptors (Lipinski definition) is 3. The molecule has 1 heterocycles. The molecule has 88 valence electrons. The van der Waals surface area contributed by atoms with Gasteiger partial charge in [0, 0.05) is 5.39 Å². The Morgan fingerprint density at radius 1 is 1.35 bits per heavy atom. The Morgan fingerprint density at radius 3 is 2.59 bits per heavy atom. The molecule has 2 rings (SSSR count). The predicted molar refractivity (Wildman–Crippen MR) is 57.7 cm³/mol. The topological polar surface area (TPSA) is 36.9 Å². The second-order valence-electron chi connectivity index (χ2n) is 3.29. The van der Waals surface area contributed by atoms with Gasteiger partial charge in [-0.05, 0) is 24.5 Å². The Bertz CT molecular complexity index is 609. The first kappa shape index (κ1) is 11.9. The molecule has 6 heteroatoms. The molecule has 0 aliphatic carbocycles. The third-order valence-electron chi connectivity index (χ3n) is 2.25. The summed E-state index contributed by atoms with van der Waals surface area (Å²) in [6.45, 7) is 0. The summed E-state index contributed by atoms with van der Waals surface area (Å²) in [6, 6.07) is 5.81. The molecule has 0 spiro atoms. The van der Waals surface area contributed by atoms with Crippen molar-refractivity contribution in [3.05, 3.63) is 29.3 Å². The minimum absolute atomic E-state index is 0.0686. The summed E-state index contributed by atoms with van der Waals surface area (Å²) in [7, 11) is 0. The molecule has 0 saturated heterocycles. The third kappa shape index (κ3) is 1.98. The number of hydrogen-bond donors (Lipinski definition) is 0. The van der Waals surface area contributed by atoms with E-state index < -0.39 is 11.7 Å². The van der Waals surface area contributed by atoms with Crippen molar-refractivity contribution in [1.82, 2.24) is 0 Å². The molecule has 0 aliphatic rings. The van der Waals surface area contributed by atoms with Crippen molar-refractivity contribution in [2.75, 3.05) is 6.26 Å². The summed E-state index contributed by atoms with van der Waals surface area (Å²) in [6.07, 6.45) is -2.98. The van der Waals surface area contributed by atoms with Crippen molar-refractivity contribution < 1.29 is 17.6 Å². The molecule has 1 aromatic carbocycles. The van der Waals surface area contributed by atoms with Crippen LogP contribution in [0.4, 0.5) is 13.2 Å². The molecule has 0 N–H and O–H groups in total. The van der Waals surface area contributed by atoms with Crippen LogP contribution in [0.25, 0.3) is 11.0 Å². The number of furan rings is 1. The summed E-state index contributed by atoms with van der Waals surface area (Å²) in [5.74, 6) is 0. The van der Waals surface area contributed by atoms with Crippen LogP contribution in [0.2, 0.25) is 0 Å². The molecule has 2 aromatic rings. The van der Waals surface area contributed by atoms with E-state index in [1.807, 2.05) is 6.07 Å². The van der Waals surface area contributed by atoms with Crippen LogP contribution in [-0.4, -0.2) is 6.26 Å². The van der Waals surface area contributed by atoms with Crippen molar-refractivity contribution in [1.29, 1.82) is 5.26 Å². The number of benzene rings is 1. The van der Waals surface area contributed by atoms with Gasteiger partial charge in [0.2, 0.25) is 0 Å². The molecule has 0 fully saturated rings. The van der Waals surface area contributed by atoms with Crippen LogP contribution in [0.15, 0.2) is 27.7 Å². The largest absolute Gasteiger partial charge is 0.449 e. The van der Waals surface area contributed by atoms with E-state index >= 15 is 0 Å². The molecule has 0 radical (unpaired) electrons. The predicted octanol–water partition coefficient (Wildman–Crippen LogP) is 4.05. The van der Waals surface area contributed by atoms with Gasteiger partial charge in [-0.2, -0.15) is 18.4 Å². The molecule has 0 saturated carbocycles. The SMILES string of the molecule is CSc1oc2ccc(C#N)cc2c1C(F)(F)F. The highest BCUT2D eigenvalue weighted by molar-refractivity contribution is 7.98. The molecule has 0 aliphatic heterocycles. The van der Waals surface area contributed by atoms with E-state index in [0.717, 1.165) is 11.8 Å². The zero-order valence-electron chi connectivity index (χ0n) is 8.63. The van der Waals surface area contributed by atoms with E-state index in [4.69, 9.17) is 9.68 Å². The number of nitrogens with zero attached hydrogens (tertiary/aromatic N) is 1. The van der Waals surface area contributed by atoms with Gasteiger partial charge in [0.1, 0.15) is 11.1 Å². The highest BCUT2D eigenvalue weighted by atomic mass is 32.2. The fourth-order valence-corrected chi connectivity index (χ4v) is 2.16. The summed E-state index contributed by atoms with van der Waals surface area (Å²) >= 11 is 0.892. The Balaban J connectivity index is 2.82. The minimum Gasteiger partial charge on any atom is -0.449 e. The molecule has 0 bridgehead atoms. The van der Waals surface area contributed by atoms with Crippen LogP contribution >= 0.6 is 11.8 Å². The molecule has 0 amide bonds. The fourth-order valence-electron chi connectivity index (χ4n) is 1.56. The van der Waals surface area contributed by atoms with Gasteiger partial charge in [-0.1, -0.05) is 11.8 Å². The van der Waals surface area contributed by atoms with E-state index in [0.29, 0.717) is 0 Å². The second kappa shape index (κ2) is 4.00. The minimum atomic E-state index is -4.49. The second-order valence-corrected chi connectivity index (χ2v) is 4.07. The summed E-state index contributed by atoms with van der Waals surface area (Å²) in [5.41, 5.74) is -0.491. The lowest BCUT2D eigenvalue weighted by molar-refractivity contribution is -0.139. The highest BCUT2D eigenvalue weighted by Gasteiger charge is 2.38. The first-order valence-corrected chi connectivity index (χ1v) is 5.77. The maximum Gasteiger partial charge on any atom is 0.421 e. The summed E-state index contributed by atoms with van der Waals surface area (Å²) in [4.78, 5) is 0. The smallest absolute Gasteiger partial charge is 0.421 e. The third-order valence-corrected chi connectivity index (χ3v) is 2.91. The average Bonchev–Trinajstić information content (AvgIpc) is 2.65. The van der Waals surface area contributed by atoms with Crippen LogP contribution in [0.3, 0.4) is 0 Å². The summed E-state index contributed by atoms with van der Waals surface area (Å²) < 4.78 is 43.7. The quantitative estimate of drug-likeness (QED) is 0.723. The van der Waals surface area contributed by atoms with Gasteiger partial charge in [-0.3, -0.25) is 0 Å². The van der Waals surface area contributed by atoms with Gasteiger partial charge in [-0.15, -0.1) is 0 Å². The van der Waals surface area contributed by atoms with Crippen molar-refractivity contribution >= 4 is 22.7 Å². The normalized spacial score (nSPS) is 11.7. The molecule has 2 nitrogen and oxygen atoms in total. The van der Waals surface area contributed by atoms with Crippen molar-refractivity contribution in [2.24, 2.45) is 0 Å². The van der Waals surface area contributed by atoms with Gasteiger partial charge in [0.05, 0.1) is 11.6 Å². The van der Waals surface area contributed by atoms with Crippen molar-refractivity contribution in [3.8, 4) is 6.07 Å².